The first-order valence-corrected chi connectivity index (χ1v) is 3.51. The van der Waals surface area contributed by atoms with Gasteiger partial charge in [-0.05, 0) is 17.7 Å². The van der Waals surface area contributed by atoms with Crippen molar-refractivity contribution >= 4 is 11.7 Å². The second-order valence-corrected chi connectivity index (χ2v) is 2.56. The zero-order valence-electron chi connectivity index (χ0n) is 6.64. The molecule has 0 saturated carbocycles. The van der Waals surface area contributed by atoms with Crippen molar-refractivity contribution in [2.24, 2.45) is 0 Å². The van der Waals surface area contributed by atoms with Crippen LogP contribution in [0.25, 0.3) is 0 Å². The number of phenolic OH excluding ortho intramolecular Hbond substituents is 1. The fourth-order valence-electron chi connectivity index (χ4n) is 0.886. The van der Waals surface area contributed by atoms with Gasteiger partial charge >= 0.3 is 5.97 Å². The van der Waals surface area contributed by atoms with Crippen LogP contribution in [-0.4, -0.2) is 21.3 Å². The van der Waals surface area contributed by atoms with Crippen LogP contribution in [0.5, 0.6) is 5.75 Å². The van der Waals surface area contributed by atoms with Crippen molar-refractivity contribution in [2.75, 3.05) is 5.73 Å². The Morgan fingerprint density at radius 2 is 2.08 bits per heavy atom. The van der Waals surface area contributed by atoms with Crippen molar-refractivity contribution in [3.05, 3.63) is 23.8 Å². The molecule has 0 aliphatic carbocycles. The van der Waals surface area contributed by atoms with E-state index >= 15 is 0 Å². The van der Waals surface area contributed by atoms with E-state index in [2.05, 4.69) is 0 Å². The molecule has 5 heteroatoms. The molecule has 1 unspecified atom stereocenters. The lowest BCUT2D eigenvalue weighted by atomic mass is 10.1. The van der Waals surface area contributed by atoms with Gasteiger partial charge in [0, 0.05) is 0 Å². The summed E-state index contributed by atoms with van der Waals surface area (Å²) in [5.74, 6) is -1.49. The van der Waals surface area contributed by atoms with Crippen LogP contribution in [-0.2, 0) is 4.79 Å². The molecule has 0 fully saturated rings. The summed E-state index contributed by atoms with van der Waals surface area (Å²) < 4.78 is 0. The number of benzene rings is 1. The first kappa shape index (κ1) is 9.34. The van der Waals surface area contributed by atoms with Crippen molar-refractivity contribution in [3.8, 4) is 5.75 Å². The Morgan fingerprint density at radius 1 is 1.46 bits per heavy atom. The number of carbonyl (C=O) groups is 1. The molecule has 70 valence electrons. The van der Waals surface area contributed by atoms with Crippen LogP contribution >= 0.6 is 0 Å². The number of aliphatic carboxylic acids is 1. The number of aliphatic hydroxyl groups excluding tert-OH is 1. The number of carboxylic acid groups (broad SMARTS) is 1. The molecule has 0 saturated heterocycles. The fraction of sp³-hybridized carbons (Fsp3) is 0.125. The molecule has 5 nitrogen and oxygen atoms in total. The highest BCUT2D eigenvalue weighted by Crippen LogP contribution is 2.24. The predicted octanol–water partition coefficient (Wildman–Crippen LogP) is 0.0924. The van der Waals surface area contributed by atoms with Gasteiger partial charge in [0.25, 0.3) is 0 Å². The number of rotatable bonds is 2. The van der Waals surface area contributed by atoms with E-state index in [1.165, 1.54) is 18.2 Å². The second-order valence-electron chi connectivity index (χ2n) is 2.56. The van der Waals surface area contributed by atoms with E-state index in [1.807, 2.05) is 0 Å². The summed E-state index contributed by atoms with van der Waals surface area (Å²) in [7, 11) is 0. The Morgan fingerprint density at radius 3 is 2.54 bits per heavy atom. The average molecular weight is 183 g/mol. The molecule has 1 atom stereocenters. The maximum atomic E-state index is 10.3. The van der Waals surface area contributed by atoms with Crippen LogP contribution in [0.3, 0.4) is 0 Å². The Hall–Kier alpha value is -1.75. The number of aromatic hydroxyl groups is 1. The lowest BCUT2D eigenvalue weighted by Gasteiger charge is -2.06. The Kier molecular flexibility index (Phi) is 2.39. The van der Waals surface area contributed by atoms with E-state index in [1.54, 1.807) is 0 Å². The standard InChI is InChI=1S/C8H9NO4/c9-5-3-4(1-2-6(5)10)7(11)8(12)13/h1-3,7,10-11H,9H2,(H,12,13). The third kappa shape index (κ3) is 1.88. The van der Waals surface area contributed by atoms with Gasteiger partial charge in [-0.3, -0.25) is 0 Å². The van der Waals surface area contributed by atoms with Gasteiger partial charge in [-0.1, -0.05) is 6.07 Å². The monoisotopic (exact) mass is 183 g/mol. The first-order chi connectivity index (χ1) is 6.02. The zero-order valence-corrected chi connectivity index (χ0v) is 6.64. The van der Waals surface area contributed by atoms with Crippen LogP contribution in [0.2, 0.25) is 0 Å². The molecule has 0 aromatic heterocycles. The van der Waals surface area contributed by atoms with Crippen LogP contribution in [0, 0.1) is 0 Å². The first-order valence-electron chi connectivity index (χ1n) is 3.51. The van der Waals surface area contributed by atoms with Gasteiger partial charge in [0.15, 0.2) is 6.10 Å². The molecular weight excluding hydrogens is 174 g/mol. The summed E-state index contributed by atoms with van der Waals surface area (Å²) in [6.45, 7) is 0. The van der Waals surface area contributed by atoms with Gasteiger partial charge in [-0.2, -0.15) is 0 Å². The summed E-state index contributed by atoms with van der Waals surface area (Å²) in [6.07, 6.45) is -1.61. The highest BCUT2D eigenvalue weighted by atomic mass is 16.4. The third-order valence-electron chi connectivity index (χ3n) is 1.60. The van der Waals surface area contributed by atoms with Gasteiger partial charge in [-0.25, -0.2) is 4.79 Å². The van der Waals surface area contributed by atoms with Gasteiger partial charge in [-0.15, -0.1) is 0 Å². The van der Waals surface area contributed by atoms with Gasteiger partial charge in [0.05, 0.1) is 5.69 Å². The molecule has 0 heterocycles. The molecule has 1 aromatic rings. The van der Waals surface area contributed by atoms with Crippen LogP contribution in [0.1, 0.15) is 11.7 Å². The number of nitrogens with two attached hydrogens (primary N) is 1. The molecule has 1 rings (SSSR count). The van der Waals surface area contributed by atoms with E-state index in [0.29, 0.717) is 0 Å². The van der Waals surface area contributed by atoms with Crippen molar-refractivity contribution in [1.82, 2.24) is 0 Å². The van der Waals surface area contributed by atoms with Gasteiger partial charge in [0.1, 0.15) is 5.75 Å². The Bertz CT molecular complexity index is 337. The maximum Gasteiger partial charge on any atom is 0.337 e. The normalized spacial score (nSPS) is 12.4. The second kappa shape index (κ2) is 3.32. The SMILES string of the molecule is Nc1cc(C(O)C(=O)O)ccc1O. The third-order valence-corrected chi connectivity index (χ3v) is 1.60. The summed E-state index contributed by atoms with van der Waals surface area (Å²) in [5, 5.41) is 26.5. The largest absolute Gasteiger partial charge is 0.506 e. The number of anilines is 1. The number of hydrogen-bond donors (Lipinski definition) is 4. The summed E-state index contributed by atoms with van der Waals surface area (Å²) in [6, 6.07) is 3.75. The van der Waals surface area contributed by atoms with Crippen molar-refractivity contribution in [2.45, 2.75) is 6.10 Å². The van der Waals surface area contributed by atoms with E-state index in [4.69, 9.17) is 21.1 Å². The van der Waals surface area contributed by atoms with Crippen LogP contribution in [0.4, 0.5) is 5.69 Å². The molecule has 5 N–H and O–H groups in total. The highest BCUT2D eigenvalue weighted by Gasteiger charge is 2.16. The number of phenols is 1. The molecule has 0 spiro atoms. The molecule has 1 aromatic carbocycles. The highest BCUT2D eigenvalue weighted by molar-refractivity contribution is 5.74. The summed E-state index contributed by atoms with van der Waals surface area (Å²) >= 11 is 0. The smallest absolute Gasteiger partial charge is 0.337 e. The fourth-order valence-corrected chi connectivity index (χ4v) is 0.886. The van der Waals surface area contributed by atoms with Crippen molar-refractivity contribution in [3.63, 3.8) is 0 Å². The summed E-state index contributed by atoms with van der Waals surface area (Å²) in [4.78, 5) is 10.3. The number of hydrogen-bond acceptors (Lipinski definition) is 4. The van der Waals surface area contributed by atoms with Crippen molar-refractivity contribution < 1.29 is 20.1 Å². The Balaban J connectivity index is 3.03. The van der Waals surface area contributed by atoms with E-state index in [-0.39, 0.29) is 17.0 Å². The van der Waals surface area contributed by atoms with Crippen LogP contribution in [0.15, 0.2) is 18.2 Å². The van der Waals surface area contributed by atoms with Gasteiger partial charge < -0.3 is 21.1 Å². The number of aliphatic hydroxyl groups is 1. The lowest BCUT2D eigenvalue weighted by Crippen LogP contribution is -2.10. The van der Waals surface area contributed by atoms with Gasteiger partial charge in [0.2, 0.25) is 0 Å². The van der Waals surface area contributed by atoms with E-state index in [0.717, 1.165) is 0 Å². The minimum Gasteiger partial charge on any atom is -0.506 e. The van der Waals surface area contributed by atoms with E-state index < -0.39 is 12.1 Å². The molecule has 0 bridgehead atoms. The summed E-state index contributed by atoms with van der Waals surface area (Å²) in [5.41, 5.74) is 5.49. The van der Waals surface area contributed by atoms with Crippen molar-refractivity contribution in [1.29, 1.82) is 0 Å². The predicted molar refractivity (Wildman–Crippen MR) is 45.1 cm³/mol. The average Bonchev–Trinajstić information content (AvgIpc) is 2.08. The minimum atomic E-state index is -1.61. The topological polar surface area (TPSA) is 104 Å². The molecule has 13 heavy (non-hydrogen) atoms. The molecule has 0 amide bonds. The number of carboxylic acids is 1. The lowest BCUT2D eigenvalue weighted by molar-refractivity contribution is -0.146. The zero-order chi connectivity index (χ0) is 10.0. The maximum absolute atomic E-state index is 10.3. The van der Waals surface area contributed by atoms with Crippen LogP contribution < -0.4 is 5.73 Å². The minimum absolute atomic E-state index is 0.0396. The molecule has 0 aliphatic rings. The Labute approximate surface area is 74.0 Å². The van der Waals surface area contributed by atoms with E-state index in [9.17, 15) is 4.79 Å². The molecule has 0 aliphatic heterocycles. The quantitative estimate of drug-likeness (QED) is 0.384. The molecule has 0 radical (unpaired) electrons. The molecular formula is C8H9NO4. The number of nitrogen functional groups attached to an aromatic ring is 1.